The number of rotatable bonds is 8. The van der Waals surface area contributed by atoms with Crippen LogP contribution in [0.3, 0.4) is 0 Å². The Morgan fingerprint density at radius 3 is 2.53 bits per heavy atom. The minimum atomic E-state index is 0.754. The van der Waals surface area contributed by atoms with E-state index in [0.717, 1.165) is 44.2 Å². The molecule has 0 bridgehead atoms. The molecule has 0 amide bonds. The van der Waals surface area contributed by atoms with Crippen molar-refractivity contribution in [1.82, 2.24) is 4.90 Å². The fourth-order valence-electron chi connectivity index (χ4n) is 3.40. The van der Waals surface area contributed by atoms with Gasteiger partial charge in [0.2, 0.25) is 0 Å². The maximum atomic E-state index is 10.3. The molecule has 1 unspecified atom stereocenters. The van der Waals surface area contributed by atoms with E-state index in [-0.39, 0.29) is 0 Å². The van der Waals surface area contributed by atoms with Gasteiger partial charge in [-0.1, -0.05) is 0 Å². The van der Waals surface area contributed by atoms with Crippen molar-refractivity contribution in [2.75, 3.05) is 32.8 Å². The highest BCUT2D eigenvalue weighted by molar-refractivity contribution is 5.48. The van der Waals surface area contributed by atoms with E-state index in [2.05, 4.69) is 4.90 Å². The first-order valence-electron chi connectivity index (χ1n) is 8.12. The average molecular weight is 267 g/mol. The van der Waals surface area contributed by atoms with Gasteiger partial charge >= 0.3 is 0 Å². The van der Waals surface area contributed by atoms with Crippen molar-refractivity contribution in [3.8, 4) is 0 Å². The number of ether oxygens (including phenoxy) is 1. The van der Waals surface area contributed by atoms with Gasteiger partial charge in [0, 0.05) is 19.6 Å². The topological polar surface area (TPSA) is 29.5 Å². The highest BCUT2D eigenvalue weighted by atomic mass is 16.5. The van der Waals surface area contributed by atoms with Crippen molar-refractivity contribution in [1.29, 1.82) is 0 Å². The summed E-state index contributed by atoms with van der Waals surface area (Å²) in [5.74, 6) is 1.71. The van der Waals surface area contributed by atoms with Crippen molar-refractivity contribution in [2.45, 2.75) is 51.4 Å². The van der Waals surface area contributed by atoms with Crippen LogP contribution < -0.4 is 0 Å². The van der Waals surface area contributed by atoms with Crippen LogP contribution in [-0.2, 0) is 9.53 Å². The first-order valence-corrected chi connectivity index (χ1v) is 8.12. The molecule has 2 fully saturated rings. The maximum Gasteiger partial charge on any atom is 0.119 e. The minimum absolute atomic E-state index is 0.754. The molecule has 2 aliphatic rings. The Morgan fingerprint density at radius 2 is 1.84 bits per heavy atom. The molecule has 1 atom stereocenters. The summed E-state index contributed by atoms with van der Waals surface area (Å²) in [6, 6.07) is 0. The number of carbonyl (C=O) groups is 1. The minimum Gasteiger partial charge on any atom is -0.381 e. The van der Waals surface area contributed by atoms with Crippen LogP contribution in [0, 0.1) is 11.8 Å². The lowest BCUT2D eigenvalue weighted by Gasteiger charge is -2.32. The summed E-state index contributed by atoms with van der Waals surface area (Å²) >= 11 is 0. The molecule has 0 aliphatic carbocycles. The molecule has 110 valence electrons. The molecule has 3 nitrogen and oxygen atoms in total. The Morgan fingerprint density at radius 1 is 1.05 bits per heavy atom. The Balaban J connectivity index is 1.49. The Hall–Kier alpha value is -0.410. The number of hydrogen-bond acceptors (Lipinski definition) is 3. The number of piperidine rings is 1. The van der Waals surface area contributed by atoms with E-state index in [1.54, 1.807) is 0 Å². The lowest BCUT2D eigenvalue weighted by molar-refractivity contribution is -0.108. The van der Waals surface area contributed by atoms with Crippen LogP contribution in [0.25, 0.3) is 0 Å². The molecule has 2 rings (SSSR count). The molecule has 0 saturated carbocycles. The summed E-state index contributed by atoms with van der Waals surface area (Å²) in [6.45, 7) is 5.80. The lowest BCUT2D eigenvalue weighted by Crippen LogP contribution is -2.34. The fourth-order valence-corrected chi connectivity index (χ4v) is 3.40. The van der Waals surface area contributed by atoms with Gasteiger partial charge in [-0.05, 0) is 76.4 Å². The van der Waals surface area contributed by atoms with Crippen LogP contribution in [0.5, 0.6) is 0 Å². The molecule has 2 heterocycles. The highest BCUT2D eigenvalue weighted by Crippen LogP contribution is 2.23. The van der Waals surface area contributed by atoms with E-state index in [0.29, 0.717) is 0 Å². The maximum absolute atomic E-state index is 10.3. The van der Waals surface area contributed by atoms with Gasteiger partial charge in [0.05, 0.1) is 0 Å². The Labute approximate surface area is 117 Å². The van der Waals surface area contributed by atoms with Crippen LogP contribution in [0.1, 0.15) is 51.4 Å². The second kappa shape index (κ2) is 8.70. The number of hydrogen-bond donors (Lipinski definition) is 0. The zero-order valence-corrected chi connectivity index (χ0v) is 12.2. The molecular formula is C16H29NO2. The van der Waals surface area contributed by atoms with Crippen LogP contribution in [0.15, 0.2) is 0 Å². The van der Waals surface area contributed by atoms with Gasteiger partial charge in [-0.25, -0.2) is 0 Å². The quantitative estimate of drug-likeness (QED) is 0.500. The van der Waals surface area contributed by atoms with E-state index < -0.39 is 0 Å². The summed E-state index contributed by atoms with van der Waals surface area (Å²) in [5.41, 5.74) is 0. The van der Waals surface area contributed by atoms with Crippen molar-refractivity contribution < 1.29 is 9.53 Å². The van der Waals surface area contributed by atoms with Gasteiger partial charge in [-0.2, -0.15) is 0 Å². The zero-order valence-electron chi connectivity index (χ0n) is 12.2. The summed E-state index contributed by atoms with van der Waals surface area (Å²) < 4.78 is 5.42. The number of unbranched alkanes of at least 4 members (excludes halogenated alkanes) is 1. The van der Waals surface area contributed by atoms with E-state index in [1.807, 2.05) is 0 Å². The third-order valence-corrected chi connectivity index (χ3v) is 4.75. The number of aldehydes is 1. The fraction of sp³-hybridized carbons (Fsp3) is 0.938. The van der Waals surface area contributed by atoms with Gasteiger partial charge in [0.1, 0.15) is 6.29 Å². The predicted octanol–water partition coefficient (Wildman–Crippen LogP) is 2.88. The predicted molar refractivity (Wildman–Crippen MR) is 77.2 cm³/mol. The SMILES string of the molecule is O=CCCCC1CCN(CCCC2CCOC2)CC1. The highest BCUT2D eigenvalue weighted by Gasteiger charge is 2.19. The van der Waals surface area contributed by atoms with Gasteiger partial charge < -0.3 is 14.4 Å². The molecule has 0 spiro atoms. The Bertz CT molecular complexity index is 243. The second-order valence-electron chi connectivity index (χ2n) is 6.25. The summed E-state index contributed by atoms with van der Waals surface area (Å²) in [5, 5.41) is 0. The summed E-state index contributed by atoms with van der Waals surface area (Å²) in [7, 11) is 0. The van der Waals surface area contributed by atoms with E-state index in [4.69, 9.17) is 4.74 Å². The summed E-state index contributed by atoms with van der Waals surface area (Å²) in [4.78, 5) is 12.9. The van der Waals surface area contributed by atoms with Gasteiger partial charge in [0.15, 0.2) is 0 Å². The molecule has 0 N–H and O–H groups in total. The van der Waals surface area contributed by atoms with Gasteiger partial charge in [-0.15, -0.1) is 0 Å². The molecule has 2 aliphatic heterocycles. The third-order valence-electron chi connectivity index (χ3n) is 4.75. The Kier molecular flexibility index (Phi) is 6.86. The van der Waals surface area contributed by atoms with Crippen molar-refractivity contribution in [2.24, 2.45) is 11.8 Å². The third kappa shape index (κ3) is 5.62. The first kappa shape index (κ1) is 15.0. The largest absolute Gasteiger partial charge is 0.381 e. The molecule has 3 heteroatoms. The lowest BCUT2D eigenvalue weighted by atomic mass is 9.91. The normalized spacial score (nSPS) is 25.8. The molecule has 0 aromatic carbocycles. The van der Waals surface area contributed by atoms with Crippen molar-refractivity contribution in [3.63, 3.8) is 0 Å². The van der Waals surface area contributed by atoms with Gasteiger partial charge in [-0.3, -0.25) is 0 Å². The van der Waals surface area contributed by atoms with E-state index in [9.17, 15) is 4.79 Å². The smallest absolute Gasteiger partial charge is 0.119 e. The van der Waals surface area contributed by atoms with E-state index >= 15 is 0 Å². The summed E-state index contributed by atoms with van der Waals surface area (Å²) in [6.07, 6.45) is 10.8. The second-order valence-corrected chi connectivity index (χ2v) is 6.25. The van der Waals surface area contributed by atoms with Gasteiger partial charge in [0.25, 0.3) is 0 Å². The standard InChI is InChI=1S/C16H29NO2/c18-12-2-1-4-15-6-10-17(11-7-15)9-3-5-16-8-13-19-14-16/h12,15-16H,1-11,13-14H2. The number of nitrogens with zero attached hydrogens (tertiary/aromatic N) is 1. The first-order chi connectivity index (χ1) is 9.38. The van der Waals surface area contributed by atoms with Crippen LogP contribution in [-0.4, -0.2) is 44.0 Å². The molecular weight excluding hydrogens is 238 g/mol. The monoisotopic (exact) mass is 267 g/mol. The van der Waals surface area contributed by atoms with Crippen LogP contribution in [0.2, 0.25) is 0 Å². The van der Waals surface area contributed by atoms with Crippen molar-refractivity contribution >= 4 is 6.29 Å². The van der Waals surface area contributed by atoms with Crippen LogP contribution in [0.4, 0.5) is 0 Å². The molecule has 2 saturated heterocycles. The molecule has 0 aromatic rings. The molecule has 19 heavy (non-hydrogen) atoms. The van der Waals surface area contributed by atoms with E-state index in [1.165, 1.54) is 58.2 Å². The molecule has 0 radical (unpaired) electrons. The number of carbonyl (C=O) groups excluding carboxylic acids is 1. The van der Waals surface area contributed by atoms with Crippen LogP contribution >= 0.6 is 0 Å². The zero-order chi connectivity index (χ0) is 13.3. The van der Waals surface area contributed by atoms with Crippen molar-refractivity contribution in [3.05, 3.63) is 0 Å². The molecule has 0 aromatic heterocycles. The average Bonchev–Trinajstić information content (AvgIpc) is 2.94. The number of likely N-dealkylation sites (tertiary alicyclic amines) is 1.